The molecule has 1 fully saturated rings. The zero-order chi connectivity index (χ0) is 16.3. The molecule has 1 aromatic carbocycles. The molecule has 0 saturated carbocycles. The van der Waals surface area contributed by atoms with E-state index in [0.717, 1.165) is 23.3 Å². The number of rotatable bonds is 6. The third-order valence-electron chi connectivity index (χ3n) is 4.12. The van der Waals surface area contributed by atoms with Crippen molar-refractivity contribution < 1.29 is 12.6 Å². The molecule has 7 heteroatoms. The maximum absolute atomic E-state index is 11.7. The number of sulfonamides is 1. The van der Waals surface area contributed by atoms with Crippen molar-refractivity contribution in [3.8, 4) is 0 Å². The molecule has 0 unspecified atom stereocenters. The Bertz CT molecular complexity index is 629. The lowest BCUT2D eigenvalue weighted by molar-refractivity contribution is 0.363. The first-order chi connectivity index (χ1) is 10.3. The predicted octanol–water partition coefficient (Wildman–Crippen LogP) is 1.50. The van der Waals surface area contributed by atoms with E-state index < -0.39 is 20.8 Å². The van der Waals surface area contributed by atoms with E-state index in [-0.39, 0.29) is 12.1 Å². The van der Waals surface area contributed by atoms with Gasteiger partial charge in [0.15, 0.2) is 0 Å². The Labute approximate surface area is 135 Å². The molecule has 2 rings (SSSR count). The van der Waals surface area contributed by atoms with E-state index in [0.29, 0.717) is 13.1 Å². The van der Waals surface area contributed by atoms with E-state index in [9.17, 15) is 12.6 Å². The second-order valence-electron chi connectivity index (χ2n) is 5.82. The lowest BCUT2D eigenvalue weighted by Crippen LogP contribution is -2.41. The average Bonchev–Trinajstić information content (AvgIpc) is 2.93. The van der Waals surface area contributed by atoms with E-state index in [4.69, 9.17) is 0 Å². The predicted molar refractivity (Wildman–Crippen MR) is 89.8 cm³/mol. The van der Waals surface area contributed by atoms with Gasteiger partial charge in [-0.2, -0.15) is 4.31 Å². The van der Waals surface area contributed by atoms with Crippen LogP contribution in [0.25, 0.3) is 0 Å². The Morgan fingerprint density at radius 1 is 1.36 bits per heavy atom. The fourth-order valence-electron chi connectivity index (χ4n) is 2.83. The largest absolute Gasteiger partial charge is 0.309 e. The molecule has 3 atom stereocenters. The Morgan fingerprint density at radius 2 is 2.00 bits per heavy atom. The van der Waals surface area contributed by atoms with Crippen LogP contribution in [0.1, 0.15) is 31.4 Å². The van der Waals surface area contributed by atoms with E-state index in [1.54, 1.807) is 10.6 Å². The summed E-state index contributed by atoms with van der Waals surface area (Å²) in [4.78, 5) is 0.815. The Kier molecular flexibility index (Phi) is 5.76. The molecule has 0 bridgehead atoms. The van der Waals surface area contributed by atoms with Gasteiger partial charge in [0.1, 0.15) is 0 Å². The number of hydrogen-bond acceptors (Lipinski definition) is 4. The van der Waals surface area contributed by atoms with Crippen LogP contribution in [0, 0.1) is 0 Å². The molecule has 1 aliphatic heterocycles. The van der Waals surface area contributed by atoms with Crippen LogP contribution >= 0.6 is 0 Å². The molecule has 0 radical (unpaired) electrons. The number of benzene rings is 1. The summed E-state index contributed by atoms with van der Waals surface area (Å²) in [6.45, 7) is 3.32. The highest BCUT2D eigenvalue weighted by atomic mass is 32.2. The summed E-state index contributed by atoms with van der Waals surface area (Å²) < 4.78 is 36.4. The highest BCUT2D eigenvalue weighted by Gasteiger charge is 2.31. The molecule has 0 amide bonds. The first-order valence-corrected chi connectivity index (χ1v) is 10.8. The number of nitrogens with one attached hydrogen (secondary N) is 1. The Morgan fingerprint density at radius 3 is 2.55 bits per heavy atom. The summed E-state index contributed by atoms with van der Waals surface area (Å²) in [5, 5.41) is 3.41. The number of hydrogen-bond donors (Lipinski definition) is 1. The molecule has 1 aromatic rings. The monoisotopic (exact) mass is 344 g/mol. The first-order valence-electron chi connectivity index (χ1n) is 7.42. The normalized spacial score (nSPS) is 22.6. The van der Waals surface area contributed by atoms with Gasteiger partial charge in [0.25, 0.3) is 0 Å². The zero-order valence-corrected chi connectivity index (χ0v) is 14.9. The smallest absolute Gasteiger partial charge is 0.211 e. The molecule has 1 N–H and O–H groups in total. The van der Waals surface area contributed by atoms with Crippen LogP contribution in [0.4, 0.5) is 0 Å². The van der Waals surface area contributed by atoms with Crippen molar-refractivity contribution in [2.75, 3.05) is 25.6 Å². The molecular weight excluding hydrogens is 320 g/mol. The van der Waals surface area contributed by atoms with Crippen LogP contribution in [0.5, 0.6) is 0 Å². The van der Waals surface area contributed by atoms with Crippen molar-refractivity contribution in [2.45, 2.75) is 36.7 Å². The first kappa shape index (κ1) is 17.6. The SMILES string of the molecule is C[C@@H](NC[C@H]1CCCN1S(C)(=O)=O)c1ccc([S@@](C)=O)cc1. The average molecular weight is 345 g/mol. The van der Waals surface area contributed by atoms with Crippen molar-refractivity contribution in [2.24, 2.45) is 0 Å². The molecule has 0 spiro atoms. The molecule has 5 nitrogen and oxygen atoms in total. The van der Waals surface area contributed by atoms with Gasteiger partial charge in [0, 0.05) is 47.1 Å². The van der Waals surface area contributed by atoms with Crippen molar-refractivity contribution in [1.82, 2.24) is 9.62 Å². The van der Waals surface area contributed by atoms with Gasteiger partial charge in [-0.1, -0.05) is 12.1 Å². The van der Waals surface area contributed by atoms with Crippen molar-refractivity contribution in [3.63, 3.8) is 0 Å². The van der Waals surface area contributed by atoms with E-state index in [1.807, 2.05) is 24.3 Å². The van der Waals surface area contributed by atoms with Crippen LogP contribution in [0.2, 0.25) is 0 Å². The summed E-state index contributed by atoms with van der Waals surface area (Å²) in [6.07, 6.45) is 4.76. The molecule has 1 heterocycles. The molecule has 124 valence electrons. The fourth-order valence-corrected chi connectivity index (χ4v) is 4.53. The minimum Gasteiger partial charge on any atom is -0.309 e. The third kappa shape index (κ3) is 4.38. The van der Waals surface area contributed by atoms with E-state index in [1.165, 1.54) is 6.26 Å². The van der Waals surface area contributed by atoms with Gasteiger partial charge in [-0.25, -0.2) is 8.42 Å². The minimum atomic E-state index is -3.12. The standard InChI is InChI=1S/C15H24N2O3S2/c1-12(13-6-8-15(9-7-13)21(2)18)16-11-14-5-4-10-17(14)22(3,19)20/h6-9,12,14,16H,4-5,10-11H2,1-3H3/t12-,14-,21-/m1/s1. The van der Waals surface area contributed by atoms with Gasteiger partial charge in [0.2, 0.25) is 10.0 Å². The maximum Gasteiger partial charge on any atom is 0.211 e. The quantitative estimate of drug-likeness (QED) is 0.849. The molecule has 1 saturated heterocycles. The minimum absolute atomic E-state index is 0.0415. The van der Waals surface area contributed by atoms with Gasteiger partial charge in [-0.05, 0) is 37.5 Å². The lowest BCUT2D eigenvalue weighted by atomic mass is 10.1. The molecular formula is C15H24N2O3S2. The van der Waals surface area contributed by atoms with E-state index in [2.05, 4.69) is 12.2 Å². The number of nitrogens with zero attached hydrogens (tertiary/aromatic N) is 1. The lowest BCUT2D eigenvalue weighted by Gasteiger charge is -2.24. The second-order valence-corrected chi connectivity index (χ2v) is 9.14. The fraction of sp³-hybridized carbons (Fsp3) is 0.600. The van der Waals surface area contributed by atoms with Crippen LogP contribution in [-0.4, -0.2) is 48.6 Å². The van der Waals surface area contributed by atoms with Crippen LogP contribution < -0.4 is 5.32 Å². The molecule has 0 aromatic heterocycles. The summed E-state index contributed by atoms with van der Waals surface area (Å²) in [5.41, 5.74) is 1.11. The van der Waals surface area contributed by atoms with Gasteiger partial charge in [-0.15, -0.1) is 0 Å². The van der Waals surface area contributed by atoms with Crippen molar-refractivity contribution >= 4 is 20.8 Å². The van der Waals surface area contributed by atoms with Gasteiger partial charge < -0.3 is 5.32 Å². The highest BCUT2D eigenvalue weighted by molar-refractivity contribution is 7.88. The van der Waals surface area contributed by atoms with E-state index >= 15 is 0 Å². The third-order valence-corrected chi connectivity index (χ3v) is 6.39. The summed E-state index contributed by atoms with van der Waals surface area (Å²) >= 11 is 0. The summed E-state index contributed by atoms with van der Waals surface area (Å²) in [5.74, 6) is 0. The molecule has 1 aliphatic rings. The van der Waals surface area contributed by atoms with Gasteiger partial charge in [0.05, 0.1) is 6.26 Å². The summed E-state index contributed by atoms with van der Waals surface area (Å²) in [6, 6.07) is 7.86. The van der Waals surface area contributed by atoms with Gasteiger partial charge >= 0.3 is 0 Å². The van der Waals surface area contributed by atoms with Crippen LogP contribution in [0.15, 0.2) is 29.2 Å². The Balaban J connectivity index is 1.95. The molecule has 22 heavy (non-hydrogen) atoms. The van der Waals surface area contributed by atoms with Gasteiger partial charge in [-0.3, -0.25) is 4.21 Å². The van der Waals surface area contributed by atoms with Crippen LogP contribution in [0.3, 0.4) is 0 Å². The maximum atomic E-state index is 11.7. The van der Waals surface area contributed by atoms with Crippen LogP contribution in [-0.2, 0) is 20.8 Å². The highest BCUT2D eigenvalue weighted by Crippen LogP contribution is 2.21. The van der Waals surface area contributed by atoms with Crippen molar-refractivity contribution in [1.29, 1.82) is 0 Å². The zero-order valence-electron chi connectivity index (χ0n) is 13.3. The van der Waals surface area contributed by atoms with Crippen molar-refractivity contribution in [3.05, 3.63) is 29.8 Å². The topological polar surface area (TPSA) is 66.5 Å². The Hall–Kier alpha value is -0.760. The summed E-state index contributed by atoms with van der Waals surface area (Å²) in [7, 11) is -4.08. The molecule has 0 aliphatic carbocycles. The second kappa shape index (κ2) is 7.21.